The summed E-state index contributed by atoms with van der Waals surface area (Å²) in [5, 5.41) is 6.42. The molecule has 0 fully saturated rings. The molecule has 4 heteroatoms. The number of para-hydroxylation sites is 1. The normalized spacial score (nSPS) is 15.5. The molecular formula is C24H36N4. The van der Waals surface area contributed by atoms with E-state index in [0.29, 0.717) is 5.96 Å². The molecule has 0 saturated heterocycles. The summed E-state index contributed by atoms with van der Waals surface area (Å²) in [5.74, 6) is 2.28. The minimum absolute atomic E-state index is 0.185. The molecule has 1 heterocycles. The zero-order valence-electron chi connectivity index (χ0n) is 18.2. The van der Waals surface area contributed by atoms with Gasteiger partial charge in [-0.2, -0.15) is 4.99 Å². The first-order chi connectivity index (χ1) is 13.4. The molecule has 0 aliphatic carbocycles. The highest BCUT2D eigenvalue weighted by atomic mass is 15.2. The second-order valence-corrected chi connectivity index (χ2v) is 6.53. The SMILES string of the molecule is C=C/C=C(\C=C)NC1=NC(Nc2ccccc2)=CC(C)C=N1.CC.CC(C)C. The predicted octanol–water partition coefficient (Wildman–Crippen LogP) is 6.55. The van der Waals surface area contributed by atoms with Crippen molar-refractivity contribution >= 4 is 17.9 Å². The van der Waals surface area contributed by atoms with Crippen molar-refractivity contribution < 1.29 is 0 Å². The van der Waals surface area contributed by atoms with Gasteiger partial charge in [-0.15, -0.1) is 0 Å². The predicted molar refractivity (Wildman–Crippen MR) is 127 cm³/mol. The number of rotatable bonds is 5. The van der Waals surface area contributed by atoms with Crippen LogP contribution in [-0.4, -0.2) is 12.2 Å². The molecule has 28 heavy (non-hydrogen) atoms. The molecule has 2 rings (SSSR count). The van der Waals surface area contributed by atoms with E-state index in [1.807, 2.05) is 62.5 Å². The summed E-state index contributed by atoms with van der Waals surface area (Å²) in [4.78, 5) is 8.89. The molecule has 0 spiro atoms. The van der Waals surface area contributed by atoms with Crippen molar-refractivity contribution in [3.05, 3.63) is 79.3 Å². The molecule has 4 nitrogen and oxygen atoms in total. The van der Waals surface area contributed by atoms with Crippen LogP contribution in [0.15, 0.2) is 89.3 Å². The third kappa shape index (κ3) is 11.7. The van der Waals surface area contributed by atoms with Crippen LogP contribution in [0.1, 0.15) is 41.5 Å². The van der Waals surface area contributed by atoms with E-state index in [4.69, 9.17) is 0 Å². The van der Waals surface area contributed by atoms with Gasteiger partial charge in [0, 0.05) is 23.5 Å². The molecule has 152 valence electrons. The first kappa shape index (κ1) is 25.1. The Morgan fingerprint density at radius 3 is 2.25 bits per heavy atom. The van der Waals surface area contributed by atoms with Gasteiger partial charge in [-0.1, -0.05) is 79.0 Å². The van der Waals surface area contributed by atoms with E-state index < -0.39 is 0 Å². The number of aliphatic imine (C=N–C) groups is 2. The van der Waals surface area contributed by atoms with Gasteiger partial charge in [-0.25, -0.2) is 4.99 Å². The van der Waals surface area contributed by atoms with Crippen LogP contribution < -0.4 is 10.6 Å². The first-order valence-corrected chi connectivity index (χ1v) is 9.83. The average molecular weight is 381 g/mol. The molecular weight excluding hydrogens is 344 g/mol. The highest BCUT2D eigenvalue weighted by molar-refractivity contribution is 5.91. The second-order valence-electron chi connectivity index (χ2n) is 6.53. The van der Waals surface area contributed by atoms with Crippen LogP contribution in [0, 0.1) is 11.8 Å². The van der Waals surface area contributed by atoms with Crippen LogP contribution >= 0.6 is 0 Å². The maximum atomic E-state index is 4.53. The van der Waals surface area contributed by atoms with Crippen LogP contribution in [0.3, 0.4) is 0 Å². The van der Waals surface area contributed by atoms with Crippen molar-refractivity contribution in [3.63, 3.8) is 0 Å². The summed E-state index contributed by atoms with van der Waals surface area (Å²) in [6.07, 6.45) is 9.07. The van der Waals surface area contributed by atoms with Gasteiger partial charge >= 0.3 is 0 Å². The number of nitrogens with one attached hydrogen (secondary N) is 2. The fourth-order valence-electron chi connectivity index (χ4n) is 1.88. The van der Waals surface area contributed by atoms with E-state index in [1.165, 1.54) is 0 Å². The van der Waals surface area contributed by atoms with Crippen LogP contribution in [0.4, 0.5) is 5.69 Å². The summed E-state index contributed by atoms with van der Waals surface area (Å²) in [6, 6.07) is 9.92. The standard InChI is InChI=1S/C18H20N4.C4H10.C2H6/c1-4-9-15(5-2)21-18-19-13-14(3)12-17(22-18)20-16-10-7-6-8-11-16;1-4(2)3;1-2/h4-14,20H,1-2H2,3H3,(H,21,22);4H,1-3H3;1-2H3/b15-9+;;. The third-order valence-electron chi connectivity index (χ3n) is 2.90. The van der Waals surface area contributed by atoms with Crippen molar-refractivity contribution in [2.75, 3.05) is 5.32 Å². The smallest absolute Gasteiger partial charge is 0.228 e. The lowest BCUT2D eigenvalue weighted by molar-refractivity contribution is 0.737. The molecule has 0 aromatic heterocycles. The van der Waals surface area contributed by atoms with Crippen LogP contribution in [0.5, 0.6) is 0 Å². The molecule has 1 aliphatic rings. The van der Waals surface area contributed by atoms with Gasteiger partial charge in [0.1, 0.15) is 5.82 Å². The van der Waals surface area contributed by atoms with Crippen molar-refractivity contribution in [3.8, 4) is 0 Å². The van der Waals surface area contributed by atoms with E-state index in [0.717, 1.165) is 23.1 Å². The third-order valence-corrected chi connectivity index (χ3v) is 2.90. The van der Waals surface area contributed by atoms with Gasteiger partial charge in [0.05, 0.1) is 0 Å². The molecule has 1 aromatic carbocycles. The van der Waals surface area contributed by atoms with Gasteiger partial charge in [0.25, 0.3) is 0 Å². The fraction of sp³-hybridized carbons (Fsp3) is 0.333. The van der Waals surface area contributed by atoms with Gasteiger partial charge in [0.2, 0.25) is 5.96 Å². The second kappa shape index (κ2) is 15.2. The largest absolute Gasteiger partial charge is 0.340 e. The quantitative estimate of drug-likeness (QED) is 0.569. The van der Waals surface area contributed by atoms with Gasteiger partial charge in [-0.3, -0.25) is 0 Å². The number of anilines is 1. The number of nitrogens with zero attached hydrogens (tertiary/aromatic N) is 2. The Labute approximate surface area is 171 Å². The lowest BCUT2D eigenvalue weighted by Gasteiger charge is -2.09. The topological polar surface area (TPSA) is 48.8 Å². The Morgan fingerprint density at radius 2 is 1.71 bits per heavy atom. The average Bonchev–Trinajstić information content (AvgIpc) is 2.84. The van der Waals surface area contributed by atoms with Crippen molar-refractivity contribution in [2.24, 2.45) is 21.8 Å². The molecule has 2 N–H and O–H groups in total. The van der Waals surface area contributed by atoms with E-state index in [9.17, 15) is 0 Å². The molecule has 1 aromatic rings. The number of allylic oxidation sites excluding steroid dienone is 4. The van der Waals surface area contributed by atoms with E-state index >= 15 is 0 Å². The summed E-state index contributed by atoms with van der Waals surface area (Å²) >= 11 is 0. The van der Waals surface area contributed by atoms with Crippen molar-refractivity contribution in [1.29, 1.82) is 0 Å². The maximum Gasteiger partial charge on any atom is 0.228 e. The van der Waals surface area contributed by atoms with E-state index in [-0.39, 0.29) is 5.92 Å². The molecule has 1 aliphatic heterocycles. The van der Waals surface area contributed by atoms with E-state index in [2.05, 4.69) is 61.5 Å². The minimum atomic E-state index is 0.185. The summed E-state index contributed by atoms with van der Waals surface area (Å²) in [6.45, 7) is 20.0. The fourth-order valence-corrected chi connectivity index (χ4v) is 1.88. The lowest BCUT2D eigenvalue weighted by Crippen LogP contribution is -2.20. The van der Waals surface area contributed by atoms with Crippen LogP contribution in [0.2, 0.25) is 0 Å². The highest BCUT2D eigenvalue weighted by Gasteiger charge is 2.08. The molecule has 0 saturated carbocycles. The molecule has 0 amide bonds. The molecule has 1 atom stereocenters. The van der Waals surface area contributed by atoms with E-state index in [1.54, 1.807) is 12.2 Å². The Morgan fingerprint density at radius 1 is 1.11 bits per heavy atom. The first-order valence-electron chi connectivity index (χ1n) is 9.83. The van der Waals surface area contributed by atoms with Gasteiger partial charge in [-0.05, 0) is 36.3 Å². The van der Waals surface area contributed by atoms with Crippen LogP contribution in [0.25, 0.3) is 0 Å². The monoisotopic (exact) mass is 380 g/mol. The zero-order chi connectivity index (χ0) is 21.4. The van der Waals surface area contributed by atoms with Gasteiger partial charge in [0.15, 0.2) is 0 Å². The number of hydrogen-bond donors (Lipinski definition) is 2. The zero-order valence-corrected chi connectivity index (χ0v) is 18.2. The summed E-state index contributed by atoms with van der Waals surface area (Å²) in [5.41, 5.74) is 1.77. The number of guanidine groups is 1. The summed E-state index contributed by atoms with van der Waals surface area (Å²) < 4.78 is 0. The molecule has 0 radical (unpaired) electrons. The van der Waals surface area contributed by atoms with Crippen LogP contribution in [-0.2, 0) is 0 Å². The number of hydrogen-bond acceptors (Lipinski definition) is 4. The number of benzene rings is 1. The Balaban J connectivity index is 0.00000108. The Bertz CT molecular complexity index is 692. The van der Waals surface area contributed by atoms with Gasteiger partial charge < -0.3 is 10.6 Å². The molecule has 1 unspecified atom stereocenters. The maximum absolute atomic E-state index is 4.53. The Hall–Kier alpha value is -2.88. The van der Waals surface area contributed by atoms with Crippen molar-refractivity contribution in [1.82, 2.24) is 5.32 Å². The highest BCUT2D eigenvalue weighted by Crippen LogP contribution is 2.13. The lowest BCUT2D eigenvalue weighted by atomic mass is 10.2. The summed E-state index contributed by atoms with van der Waals surface area (Å²) in [7, 11) is 0. The molecule has 0 bridgehead atoms. The van der Waals surface area contributed by atoms with Crippen molar-refractivity contribution in [2.45, 2.75) is 41.5 Å². The Kier molecular flexibility index (Phi) is 13.6. The minimum Gasteiger partial charge on any atom is -0.340 e.